The van der Waals surface area contributed by atoms with Crippen LogP contribution in [0.2, 0.25) is 0 Å². The van der Waals surface area contributed by atoms with Gasteiger partial charge in [0.05, 0.1) is 6.42 Å². The van der Waals surface area contributed by atoms with Crippen molar-refractivity contribution in [2.75, 3.05) is 0 Å². The number of rotatable bonds is 4. The number of hydrogen-bond donors (Lipinski definition) is 0. The van der Waals surface area contributed by atoms with Gasteiger partial charge in [-0.3, -0.25) is 4.79 Å². The van der Waals surface area contributed by atoms with Crippen molar-refractivity contribution < 1.29 is 9.53 Å². The van der Waals surface area contributed by atoms with Gasteiger partial charge < -0.3 is 4.74 Å². The molecule has 0 radical (unpaired) electrons. The van der Waals surface area contributed by atoms with E-state index in [1.165, 1.54) is 25.7 Å². The average Bonchev–Trinajstić information content (AvgIpc) is 2.58. The number of carbonyl (C=O) groups is 1. The van der Waals surface area contributed by atoms with E-state index in [9.17, 15) is 4.79 Å². The zero-order valence-corrected chi connectivity index (χ0v) is 8.84. The van der Waals surface area contributed by atoms with E-state index in [1.807, 2.05) is 0 Å². The second kappa shape index (κ2) is 6.48. The largest absolute Gasteiger partial charge is 0.449 e. The SMILES string of the molecule is CCCCCCC#C[C@H]1CCC(=O)O1. The summed E-state index contributed by atoms with van der Waals surface area (Å²) < 4.78 is 4.98. The predicted molar refractivity (Wildman–Crippen MR) is 55.6 cm³/mol. The highest BCUT2D eigenvalue weighted by atomic mass is 16.5. The number of cyclic esters (lactones) is 1. The van der Waals surface area contributed by atoms with Gasteiger partial charge in [0, 0.05) is 12.8 Å². The Morgan fingerprint density at radius 1 is 1.43 bits per heavy atom. The van der Waals surface area contributed by atoms with Crippen molar-refractivity contribution in [3.63, 3.8) is 0 Å². The van der Waals surface area contributed by atoms with Crippen LogP contribution in [0.5, 0.6) is 0 Å². The monoisotopic (exact) mass is 194 g/mol. The first-order valence-electron chi connectivity index (χ1n) is 5.51. The Morgan fingerprint density at radius 3 is 2.93 bits per heavy atom. The van der Waals surface area contributed by atoms with Crippen molar-refractivity contribution in [2.24, 2.45) is 0 Å². The van der Waals surface area contributed by atoms with Gasteiger partial charge in [-0.2, -0.15) is 0 Å². The third-order valence-corrected chi connectivity index (χ3v) is 2.30. The van der Waals surface area contributed by atoms with Crippen LogP contribution in [0.25, 0.3) is 0 Å². The van der Waals surface area contributed by atoms with E-state index in [4.69, 9.17) is 4.74 Å². The molecule has 1 atom stereocenters. The maximum absolute atomic E-state index is 10.7. The van der Waals surface area contributed by atoms with Crippen molar-refractivity contribution in [1.82, 2.24) is 0 Å². The van der Waals surface area contributed by atoms with Crippen LogP contribution in [0.4, 0.5) is 0 Å². The first kappa shape index (κ1) is 11.1. The van der Waals surface area contributed by atoms with Crippen LogP contribution in [0.1, 0.15) is 51.9 Å². The van der Waals surface area contributed by atoms with Crippen molar-refractivity contribution >= 4 is 5.97 Å². The van der Waals surface area contributed by atoms with Gasteiger partial charge >= 0.3 is 5.97 Å². The van der Waals surface area contributed by atoms with Gasteiger partial charge in [0.25, 0.3) is 0 Å². The lowest BCUT2D eigenvalue weighted by Gasteiger charge is -1.97. The fourth-order valence-corrected chi connectivity index (χ4v) is 1.45. The fraction of sp³-hybridized carbons (Fsp3) is 0.750. The summed E-state index contributed by atoms with van der Waals surface area (Å²) >= 11 is 0. The molecular weight excluding hydrogens is 176 g/mol. The smallest absolute Gasteiger partial charge is 0.307 e. The molecule has 1 aliphatic rings. The van der Waals surface area contributed by atoms with E-state index in [-0.39, 0.29) is 12.1 Å². The van der Waals surface area contributed by atoms with Crippen LogP contribution >= 0.6 is 0 Å². The van der Waals surface area contributed by atoms with Crippen molar-refractivity contribution in [1.29, 1.82) is 0 Å². The zero-order chi connectivity index (χ0) is 10.2. The van der Waals surface area contributed by atoms with Gasteiger partial charge in [-0.05, 0) is 6.42 Å². The summed E-state index contributed by atoms with van der Waals surface area (Å²) in [6.45, 7) is 2.20. The molecule has 0 aromatic rings. The molecule has 1 saturated heterocycles. The predicted octanol–water partition coefficient (Wildman–Crippen LogP) is 2.67. The molecule has 0 saturated carbocycles. The van der Waals surface area contributed by atoms with Crippen LogP contribution in [0.15, 0.2) is 0 Å². The second-order valence-electron chi connectivity index (χ2n) is 3.65. The molecule has 0 unspecified atom stereocenters. The molecule has 1 rings (SSSR count). The van der Waals surface area contributed by atoms with Crippen LogP contribution < -0.4 is 0 Å². The maximum atomic E-state index is 10.7. The molecule has 0 aliphatic carbocycles. The van der Waals surface area contributed by atoms with Crippen LogP contribution in [-0.2, 0) is 9.53 Å². The molecule has 0 aromatic carbocycles. The minimum Gasteiger partial charge on any atom is -0.449 e. The van der Waals surface area contributed by atoms with E-state index < -0.39 is 0 Å². The number of esters is 1. The minimum absolute atomic E-state index is 0.102. The number of ether oxygens (including phenoxy) is 1. The lowest BCUT2D eigenvalue weighted by molar-refractivity contribution is -0.139. The normalized spacial score (nSPS) is 20.1. The molecule has 1 fully saturated rings. The summed E-state index contributed by atoms with van der Waals surface area (Å²) in [4.78, 5) is 10.7. The van der Waals surface area contributed by atoms with Gasteiger partial charge in [0.1, 0.15) is 0 Å². The molecule has 0 N–H and O–H groups in total. The Hall–Kier alpha value is -0.970. The topological polar surface area (TPSA) is 26.3 Å². The van der Waals surface area contributed by atoms with Gasteiger partial charge in [-0.1, -0.05) is 38.0 Å². The Balaban J connectivity index is 2.05. The molecular formula is C12H18O2. The molecule has 0 amide bonds. The number of carbonyl (C=O) groups excluding carboxylic acids is 1. The van der Waals surface area contributed by atoms with E-state index >= 15 is 0 Å². The molecule has 0 aromatic heterocycles. The fourth-order valence-electron chi connectivity index (χ4n) is 1.45. The highest BCUT2D eigenvalue weighted by Crippen LogP contribution is 2.12. The average molecular weight is 194 g/mol. The lowest BCUT2D eigenvalue weighted by atomic mass is 10.1. The first-order chi connectivity index (χ1) is 6.83. The van der Waals surface area contributed by atoms with Crippen LogP contribution in [0, 0.1) is 11.8 Å². The Morgan fingerprint density at radius 2 is 2.29 bits per heavy atom. The molecule has 2 nitrogen and oxygen atoms in total. The Bertz CT molecular complexity index is 234. The van der Waals surface area contributed by atoms with Gasteiger partial charge in [0.2, 0.25) is 0 Å². The van der Waals surface area contributed by atoms with E-state index in [0.29, 0.717) is 6.42 Å². The Kier molecular flexibility index (Phi) is 5.14. The van der Waals surface area contributed by atoms with Crippen LogP contribution in [-0.4, -0.2) is 12.1 Å². The number of unbranched alkanes of at least 4 members (excludes halogenated alkanes) is 4. The van der Waals surface area contributed by atoms with Crippen LogP contribution in [0.3, 0.4) is 0 Å². The molecule has 0 spiro atoms. The highest BCUT2D eigenvalue weighted by molar-refractivity contribution is 5.72. The van der Waals surface area contributed by atoms with E-state index in [2.05, 4.69) is 18.8 Å². The summed E-state index contributed by atoms with van der Waals surface area (Å²) in [6.07, 6.45) is 7.11. The summed E-state index contributed by atoms with van der Waals surface area (Å²) in [5, 5.41) is 0. The van der Waals surface area contributed by atoms with E-state index in [1.54, 1.807) is 0 Å². The summed E-state index contributed by atoms with van der Waals surface area (Å²) in [6, 6.07) is 0. The summed E-state index contributed by atoms with van der Waals surface area (Å²) in [7, 11) is 0. The van der Waals surface area contributed by atoms with Gasteiger partial charge in [-0.25, -0.2) is 0 Å². The van der Waals surface area contributed by atoms with Gasteiger partial charge in [-0.15, -0.1) is 0 Å². The summed E-state index contributed by atoms with van der Waals surface area (Å²) in [5.41, 5.74) is 0. The maximum Gasteiger partial charge on any atom is 0.307 e. The van der Waals surface area contributed by atoms with Crippen molar-refractivity contribution in [3.8, 4) is 11.8 Å². The molecule has 1 heterocycles. The van der Waals surface area contributed by atoms with Crippen molar-refractivity contribution in [3.05, 3.63) is 0 Å². The summed E-state index contributed by atoms with van der Waals surface area (Å²) in [5.74, 6) is 5.97. The first-order valence-corrected chi connectivity index (χ1v) is 5.51. The van der Waals surface area contributed by atoms with Gasteiger partial charge in [0.15, 0.2) is 6.10 Å². The quantitative estimate of drug-likeness (QED) is 0.391. The zero-order valence-electron chi connectivity index (χ0n) is 8.84. The minimum atomic E-state index is -0.117. The number of hydrogen-bond acceptors (Lipinski definition) is 2. The Labute approximate surface area is 86.0 Å². The third kappa shape index (κ3) is 4.32. The third-order valence-electron chi connectivity index (χ3n) is 2.30. The highest BCUT2D eigenvalue weighted by Gasteiger charge is 2.20. The molecule has 1 aliphatic heterocycles. The molecule has 78 valence electrons. The van der Waals surface area contributed by atoms with E-state index in [0.717, 1.165) is 12.8 Å². The molecule has 14 heavy (non-hydrogen) atoms. The van der Waals surface area contributed by atoms with Crippen molar-refractivity contribution in [2.45, 2.75) is 58.0 Å². The molecule has 2 heteroatoms. The standard InChI is InChI=1S/C12H18O2/c1-2-3-4-5-6-7-8-11-9-10-12(13)14-11/h11H,2-6,9-10H2,1H3/t11-/m0/s1. The molecule has 0 bridgehead atoms. The second-order valence-corrected chi connectivity index (χ2v) is 3.65. The lowest BCUT2D eigenvalue weighted by Crippen LogP contribution is -2.02.